The topological polar surface area (TPSA) is 58.2 Å². The Hall–Kier alpha value is -2.82. The maximum Gasteiger partial charge on any atom is 0.222 e. The predicted octanol–water partition coefficient (Wildman–Crippen LogP) is 3.55. The molecule has 0 aliphatic carbocycles. The number of para-hydroxylation sites is 1. The van der Waals surface area contributed by atoms with Crippen LogP contribution in [-0.4, -0.2) is 34.4 Å². The van der Waals surface area contributed by atoms with E-state index >= 15 is 0 Å². The zero-order valence-corrected chi connectivity index (χ0v) is 14.7. The molecule has 0 unspecified atom stereocenters. The summed E-state index contributed by atoms with van der Waals surface area (Å²) in [5, 5.41) is 1.18. The molecule has 25 heavy (non-hydrogen) atoms. The van der Waals surface area contributed by atoms with Crippen LogP contribution in [-0.2, 0) is 17.8 Å². The lowest BCUT2D eigenvalue weighted by atomic mass is 10.1. The molecule has 2 heterocycles. The van der Waals surface area contributed by atoms with E-state index in [9.17, 15) is 4.79 Å². The zero-order valence-electron chi connectivity index (χ0n) is 14.7. The highest BCUT2D eigenvalue weighted by Gasteiger charge is 2.14. The first kappa shape index (κ1) is 17.0. The Morgan fingerprint density at radius 2 is 2.04 bits per heavy atom. The molecule has 0 aliphatic rings. The summed E-state index contributed by atoms with van der Waals surface area (Å²) < 4.78 is 5.53. The van der Waals surface area contributed by atoms with Crippen LogP contribution in [0.4, 0.5) is 0 Å². The van der Waals surface area contributed by atoms with Gasteiger partial charge >= 0.3 is 0 Å². The molecule has 0 saturated carbocycles. The maximum atomic E-state index is 12.5. The van der Waals surface area contributed by atoms with E-state index in [1.54, 1.807) is 11.1 Å². The van der Waals surface area contributed by atoms with Gasteiger partial charge < -0.3 is 14.6 Å². The monoisotopic (exact) mass is 337 g/mol. The Balaban J connectivity index is 1.61. The van der Waals surface area contributed by atoms with E-state index in [1.807, 2.05) is 50.5 Å². The number of fused-ring (bicyclic) bond motifs is 1. The van der Waals surface area contributed by atoms with Crippen molar-refractivity contribution < 1.29 is 9.53 Å². The fourth-order valence-corrected chi connectivity index (χ4v) is 2.93. The number of H-pyrrole nitrogens is 1. The number of rotatable bonds is 7. The van der Waals surface area contributed by atoms with Crippen molar-refractivity contribution in [2.24, 2.45) is 0 Å². The molecule has 0 spiro atoms. The summed E-state index contributed by atoms with van der Waals surface area (Å²) in [4.78, 5) is 21.7. The molecule has 0 bridgehead atoms. The van der Waals surface area contributed by atoms with Gasteiger partial charge in [0.2, 0.25) is 11.8 Å². The van der Waals surface area contributed by atoms with Crippen LogP contribution in [0.2, 0.25) is 0 Å². The quantitative estimate of drug-likeness (QED) is 0.717. The van der Waals surface area contributed by atoms with Crippen LogP contribution in [0.1, 0.15) is 24.5 Å². The van der Waals surface area contributed by atoms with Gasteiger partial charge in [0.1, 0.15) is 0 Å². The van der Waals surface area contributed by atoms with E-state index in [2.05, 4.69) is 16.0 Å². The van der Waals surface area contributed by atoms with Crippen molar-refractivity contribution in [2.75, 3.05) is 13.7 Å². The van der Waals surface area contributed by atoms with Crippen LogP contribution < -0.4 is 4.74 Å². The highest BCUT2D eigenvalue weighted by atomic mass is 16.5. The van der Waals surface area contributed by atoms with Crippen LogP contribution >= 0.6 is 0 Å². The number of nitrogens with zero attached hydrogens (tertiary/aromatic N) is 2. The van der Waals surface area contributed by atoms with Crippen molar-refractivity contribution in [2.45, 2.75) is 26.3 Å². The smallest absolute Gasteiger partial charge is 0.222 e. The van der Waals surface area contributed by atoms with Gasteiger partial charge in [0, 0.05) is 42.3 Å². The van der Waals surface area contributed by atoms with Gasteiger partial charge in [-0.05, 0) is 31.0 Å². The molecule has 2 aromatic heterocycles. The second kappa shape index (κ2) is 7.83. The fraction of sp³-hybridized carbons (Fsp3) is 0.300. The summed E-state index contributed by atoms with van der Waals surface area (Å²) in [7, 11) is 1.82. The number of nitrogens with one attached hydrogen (secondary N) is 1. The van der Waals surface area contributed by atoms with Gasteiger partial charge in [0.05, 0.1) is 13.2 Å². The summed E-state index contributed by atoms with van der Waals surface area (Å²) in [6, 6.07) is 12.0. The lowest BCUT2D eigenvalue weighted by Crippen LogP contribution is -2.26. The first-order valence-electron chi connectivity index (χ1n) is 8.54. The number of aromatic amines is 1. The number of amides is 1. The van der Waals surface area contributed by atoms with E-state index in [0.29, 0.717) is 25.5 Å². The Labute approximate surface area is 147 Å². The third kappa shape index (κ3) is 3.99. The number of aromatic nitrogens is 2. The maximum absolute atomic E-state index is 12.5. The minimum absolute atomic E-state index is 0.108. The number of carbonyl (C=O) groups is 1. The molecule has 0 atom stereocenters. The second-order valence-corrected chi connectivity index (χ2v) is 6.01. The van der Waals surface area contributed by atoms with E-state index in [4.69, 9.17) is 4.74 Å². The molecule has 3 aromatic rings. The van der Waals surface area contributed by atoms with Crippen molar-refractivity contribution in [3.8, 4) is 5.88 Å². The van der Waals surface area contributed by atoms with Gasteiger partial charge in [-0.15, -0.1) is 0 Å². The van der Waals surface area contributed by atoms with Crippen molar-refractivity contribution >= 4 is 16.8 Å². The van der Waals surface area contributed by atoms with Crippen molar-refractivity contribution in [3.63, 3.8) is 0 Å². The molecular formula is C20H23N3O2. The lowest BCUT2D eigenvalue weighted by Gasteiger charge is -2.18. The molecule has 5 heteroatoms. The summed E-state index contributed by atoms with van der Waals surface area (Å²) >= 11 is 0. The molecule has 1 N–H and O–H groups in total. The Morgan fingerprint density at radius 1 is 1.20 bits per heavy atom. The molecule has 130 valence electrons. The third-order valence-electron chi connectivity index (χ3n) is 4.25. The van der Waals surface area contributed by atoms with Crippen LogP contribution in [0.5, 0.6) is 5.88 Å². The first-order chi connectivity index (χ1) is 12.2. The summed E-state index contributed by atoms with van der Waals surface area (Å²) in [6.45, 7) is 2.98. The van der Waals surface area contributed by atoms with Gasteiger partial charge in [-0.2, -0.15) is 0 Å². The number of hydrogen-bond donors (Lipinski definition) is 1. The van der Waals surface area contributed by atoms with Crippen molar-refractivity contribution in [3.05, 3.63) is 59.9 Å². The third-order valence-corrected chi connectivity index (χ3v) is 4.25. The molecule has 5 nitrogen and oxygen atoms in total. The molecule has 3 rings (SSSR count). The molecule has 1 aromatic carbocycles. The highest BCUT2D eigenvalue weighted by molar-refractivity contribution is 5.84. The van der Waals surface area contributed by atoms with Crippen molar-refractivity contribution in [1.82, 2.24) is 14.9 Å². The van der Waals surface area contributed by atoms with Gasteiger partial charge in [0.15, 0.2) is 0 Å². The number of pyridine rings is 1. The minimum atomic E-state index is 0.108. The number of benzene rings is 1. The van der Waals surface area contributed by atoms with E-state index < -0.39 is 0 Å². The molecule has 0 saturated heterocycles. The Bertz CT molecular complexity index is 857. The second-order valence-electron chi connectivity index (χ2n) is 6.01. The minimum Gasteiger partial charge on any atom is -0.478 e. The molecule has 0 radical (unpaired) electrons. The van der Waals surface area contributed by atoms with Gasteiger partial charge in [-0.3, -0.25) is 4.79 Å². The number of carbonyl (C=O) groups excluding carboxylic acids is 1. The van der Waals surface area contributed by atoms with E-state index in [1.165, 1.54) is 10.9 Å². The van der Waals surface area contributed by atoms with E-state index in [-0.39, 0.29) is 5.91 Å². The number of aryl methyl sites for hydroxylation is 1. The number of hydrogen-bond acceptors (Lipinski definition) is 3. The Kier molecular flexibility index (Phi) is 5.33. The number of ether oxygens (including phenoxy) is 1. The predicted molar refractivity (Wildman–Crippen MR) is 98.5 cm³/mol. The molecular weight excluding hydrogens is 314 g/mol. The molecule has 1 amide bonds. The summed E-state index contributed by atoms with van der Waals surface area (Å²) in [5.41, 5.74) is 3.20. The van der Waals surface area contributed by atoms with Crippen LogP contribution in [0.3, 0.4) is 0 Å². The van der Waals surface area contributed by atoms with Crippen molar-refractivity contribution in [1.29, 1.82) is 0 Å². The fourth-order valence-electron chi connectivity index (χ4n) is 2.93. The van der Waals surface area contributed by atoms with Gasteiger partial charge in [-0.1, -0.05) is 24.3 Å². The largest absolute Gasteiger partial charge is 0.478 e. The first-order valence-corrected chi connectivity index (χ1v) is 8.54. The summed E-state index contributed by atoms with van der Waals surface area (Å²) in [5.74, 6) is 0.706. The van der Waals surface area contributed by atoms with Gasteiger partial charge in [0.25, 0.3) is 0 Å². The van der Waals surface area contributed by atoms with Crippen LogP contribution in [0.15, 0.2) is 48.8 Å². The summed E-state index contributed by atoms with van der Waals surface area (Å²) in [6.07, 6.45) is 4.89. The van der Waals surface area contributed by atoms with Crippen LogP contribution in [0, 0.1) is 0 Å². The average Bonchev–Trinajstić information content (AvgIpc) is 3.04. The van der Waals surface area contributed by atoms with E-state index in [0.717, 1.165) is 17.5 Å². The Morgan fingerprint density at radius 3 is 2.88 bits per heavy atom. The zero-order chi connectivity index (χ0) is 17.6. The lowest BCUT2D eigenvalue weighted by molar-refractivity contribution is -0.130. The SMILES string of the molecule is CCOc1ncccc1CN(C)C(=O)CCc1c[nH]c2ccccc12. The van der Waals surface area contributed by atoms with Gasteiger partial charge in [-0.25, -0.2) is 4.98 Å². The standard InChI is InChI=1S/C20H23N3O2/c1-3-25-20-16(7-6-12-21-20)14-23(2)19(24)11-10-15-13-22-18-9-5-4-8-17(15)18/h4-9,12-13,22H,3,10-11,14H2,1-2H3. The normalized spacial score (nSPS) is 10.8. The highest BCUT2D eigenvalue weighted by Crippen LogP contribution is 2.20. The van der Waals surface area contributed by atoms with Crippen LogP contribution in [0.25, 0.3) is 10.9 Å². The average molecular weight is 337 g/mol. The molecule has 0 fully saturated rings. The molecule has 0 aliphatic heterocycles.